The summed E-state index contributed by atoms with van der Waals surface area (Å²) in [5.74, 6) is 1.91. The minimum atomic E-state index is 0.259. The molecule has 0 bridgehead atoms. The molecule has 0 fully saturated rings. The van der Waals surface area contributed by atoms with Gasteiger partial charge in [-0.25, -0.2) is 4.98 Å². The van der Waals surface area contributed by atoms with E-state index in [0.717, 1.165) is 0 Å². The molecule has 0 atom stereocenters. The van der Waals surface area contributed by atoms with Crippen molar-refractivity contribution < 1.29 is 14.7 Å². The molecule has 0 aliphatic heterocycles. The van der Waals surface area contributed by atoms with Crippen molar-refractivity contribution in [2.24, 2.45) is 12.2 Å². The normalized spacial score (nSPS) is 11.4. The molecule has 1 N–H and O–H groups in total. The first-order valence-corrected chi connectivity index (χ1v) is 5.98. The average Bonchev–Trinajstić information content (AvgIpc) is 2.89. The monoisotopic (exact) mass is 276 g/mol. The van der Waals surface area contributed by atoms with Crippen molar-refractivity contribution in [2.75, 3.05) is 7.11 Å². The van der Waals surface area contributed by atoms with Gasteiger partial charge in [0.05, 0.1) is 12.8 Å². The second-order valence-electron chi connectivity index (χ2n) is 4.14. The highest BCUT2D eigenvalue weighted by atomic mass is 16.5. The summed E-state index contributed by atoms with van der Waals surface area (Å²) in [5, 5.41) is 16.1. The molecule has 0 saturated heterocycles. The zero-order valence-corrected chi connectivity index (χ0v) is 11.6. The Kier molecular flexibility index (Phi) is 4.19. The van der Waals surface area contributed by atoms with Crippen LogP contribution >= 0.6 is 0 Å². The van der Waals surface area contributed by atoms with Crippen LogP contribution in [0, 0.1) is 0 Å². The van der Waals surface area contributed by atoms with Crippen LogP contribution < -0.4 is 9.47 Å². The quantitative estimate of drug-likeness (QED) is 0.509. The van der Waals surface area contributed by atoms with E-state index in [9.17, 15) is 0 Å². The van der Waals surface area contributed by atoms with Gasteiger partial charge in [-0.2, -0.15) is 5.10 Å². The molecular formula is C13H16N4O3. The Morgan fingerprint density at radius 3 is 2.85 bits per heavy atom. The second kappa shape index (κ2) is 6.05. The predicted octanol–water partition coefficient (Wildman–Crippen LogP) is 1.60. The highest BCUT2D eigenvalue weighted by molar-refractivity contribution is 6.00. The second-order valence-corrected chi connectivity index (χ2v) is 4.14. The van der Waals surface area contributed by atoms with Crippen LogP contribution in [-0.4, -0.2) is 32.8 Å². The standard InChI is InChI=1S/C13H16N4O3/c1-9(16-18)11-5-4-10(19-3)6-12(11)20-7-13-14-8-15-17(13)2/h4-6,8,18H,7H2,1-3H3/b16-9+. The van der Waals surface area contributed by atoms with Gasteiger partial charge in [-0.05, 0) is 19.1 Å². The zero-order chi connectivity index (χ0) is 14.5. The maximum Gasteiger partial charge on any atom is 0.164 e. The molecule has 0 aliphatic rings. The van der Waals surface area contributed by atoms with Gasteiger partial charge in [0, 0.05) is 18.7 Å². The summed E-state index contributed by atoms with van der Waals surface area (Å²) in [5.41, 5.74) is 1.15. The molecule has 1 aromatic carbocycles. The van der Waals surface area contributed by atoms with Gasteiger partial charge >= 0.3 is 0 Å². The Hall–Kier alpha value is -2.57. The molecular weight excluding hydrogens is 260 g/mol. The largest absolute Gasteiger partial charge is 0.497 e. The molecule has 1 aromatic heterocycles. The first kappa shape index (κ1) is 13.9. The first-order chi connectivity index (χ1) is 9.65. The predicted molar refractivity (Wildman–Crippen MR) is 72.3 cm³/mol. The number of rotatable bonds is 5. The van der Waals surface area contributed by atoms with E-state index in [1.165, 1.54) is 6.33 Å². The lowest BCUT2D eigenvalue weighted by Gasteiger charge is -2.12. The summed E-state index contributed by atoms with van der Waals surface area (Å²) in [7, 11) is 3.37. The summed E-state index contributed by atoms with van der Waals surface area (Å²) >= 11 is 0. The minimum absolute atomic E-state index is 0.259. The Labute approximate surface area is 116 Å². The summed E-state index contributed by atoms with van der Waals surface area (Å²) < 4.78 is 12.5. The van der Waals surface area contributed by atoms with Crippen LogP contribution in [0.5, 0.6) is 11.5 Å². The van der Waals surface area contributed by atoms with Crippen LogP contribution in [0.25, 0.3) is 0 Å². The smallest absolute Gasteiger partial charge is 0.164 e. The van der Waals surface area contributed by atoms with E-state index in [1.807, 2.05) is 0 Å². The number of aryl methyl sites for hydroxylation is 1. The third-order valence-corrected chi connectivity index (χ3v) is 2.89. The van der Waals surface area contributed by atoms with Gasteiger partial charge in [-0.15, -0.1) is 0 Å². The minimum Gasteiger partial charge on any atom is -0.497 e. The molecule has 106 valence electrons. The fourth-order valence-corrected chi connectivity index (χ4v) is 1.69. The molecule has 2 rings (SSSR count). The molecule has 1 heterocycles. The number of ether oxygens (including phenoxy) is 2. The van der Waals surface area contributed by atoms with Crippen molar-refractivity contribution in [3.05, 3.63) is 35.9 Å². The summed E-state index contributed by atoms with van der Waals surface area (Å²) in [6.07, 6.45) is 1.46. The van der Waals surface area contributed by atoms with E-state index < -0.39 is 0 Å². The van der Waals surface area contributed by atoms with Gasteiger partial charge in [0.15, 0.2) is 5.82 Å². The van der Waals surface area contributed by atoms with Gasteiger partial charge in [0.1, 0.15) is 24.4 Å². The number of benzene rings is 1. The van der Waals surface area contributed by atoms with Gasteiger partial charge in [-0.1, -0.05) is 5.16 Å². The zero-order valence-electron chi connectivity index (χ0n) is 11.6. The molecule has 7 heteroatoms. The Morgan fingerprint density at radius 2 is 2.25 bits per heavy atom. The number of nitrogens with zero attached hydrogens (tertiary/aromatic N) is 4. The number of aromatic nitrogens is 3. The van der Waals surface area contributed by atoms with Crippen LogP contribution in [0.1, 0.15) is 18.3 Å². The number of hydrogen-bond donors (Lipinski definition) is 1. The van der Waals surface area contributed by atoms with Crippen LogP contribution in [0.3, 0.4) is 0 Å². The van der Waals surface area contributed by atoms with Crippen LogP contribution in [0.4, 0.5) is 0 Å². The molecule has 0 saturated carbocycles. The van der Waals surface area contributed by atoms with Crippen molar-refractivity contribution in [3.63, 3.8) is 0 Å². The van der Waals surface area contributed by atoms with E-state index in [2.05, 4.69) is 15.2 Å². The topological polar surface area (TPSA) is 81.8 Å². The molecule has 0 amide bonds. The first-order valence-electron chi connectivity index (χ1n) is 5.98. The molecule has 0 aliphatic carbocycles. The lowest BCUT2D eigenvalue weighted by Crippen LogP contribution is -2.07. The van der Waals surface area contributed by atoms with Crippen molar-refractivity contribution in [3.8, 4) is 11.5 Å². The van der Waals surface area contributed by atoms with Crippen molar-refractivity contribution in [1.82, 2.24) is 14.8 Å². The summed E-state index contributed by atoms with van der Waals surface area (Å²) in [4.78, 5) is 4.08. The molecule has 20 heavy (non-hydrogen) atoms. The van der Waals surface area contributed by atoms with Crippen molar-refractivity contribution >= 4 is 5.71 Å². The molecule has 0 spiro atoms. The van der Waals surface area contributed by atoms with Crippen molar-refractivity contribution in [2.45, 2.75) is 13.5 Å². The van der Waals surface area contributed by atoms with Gasteiger partial charge in [0.25, 0.3) is 0 Å². The van der Waals surface area contributed by atoms with Crippen LogP contribution in [0.15, 0.2) is 29.7 Å². The lowest BCUT2D eigenvalue weighted by molar-refractivity contribution is 0.286. The highest BCUT2D eigenvalue weighted by Crippen LogP contribution is 2.26. The number of oxime groups is 1. The summed E-state index contributed by atoms with van der Waals surface area (Å²) in [6, 6.07) is 5.29. The fourth-order valence-electron chi connectivity index (χ4n) is 1.69. The molecule has 7 nitrogen and oxygen atoms in total. The Balaban J connectivity index is 2.26. The molecule has 0 radical (unpaired) electrons. The Bertz CT molecular complexity index is 622. The maximum atomic E-state index is 8.91. The third-order valence-electron chi connectivity index (χ3n) is 2.89. The van der Waals surface area contributed by atoms with Crippen molar-refractivity contribution in [1.29, 1.82) is 0 Å². The molecule has 2 aromatic rings. The summed E-state index contributed by atoms with van der Waals surface area (Å²) in [6.45, 7) is 1.95. The van der Waals surface area contributed by atoms with E-state index in [0.29, 0.717) is 28.6 Å². The average molecular weight is 276 g/mol. The van der Waals surface area contributed by atoms with E-state index in [4.69, 9.17) is 14.7 Å². The number of hydrogen-bond acceptors (Lipinski definition) is 6. The van der Waals surface area contributed by atoms with E-state index >= 15 is 0 Å². The van der Waals surface area contributed by atoms with E-state index in [1.54, 1.807) is 44.0 Å². The van der Waals surface area contributed by atoms with Gasteiger partial charge in [0.2, 0.25) is 0 Å². The fraction of sp³-hybridized carbons (Fsp3) is 0.308. The van der Waals surface area contributed by atoms with E-state index in [-0.39, 0.29) is 6.61 Å². The van der Waals surface area contributed by atoms with Crippen LogP contribution in [0.2, 0.25) is 0 Å². The Morgan fingerprint density at radius 1 is 1.45 bits per heavy atom. The number of methoxy groups -OCH3 is 1. The SMILES string of the molecule is COc1ccc(/C(C)=N/O)c(OCc2ncnn2C)c1. The third kappa shape index (κ3) is 2.87. The van der Waals surface area contributed by atoms with Crippen LogP contribution in [-0.2, 0) is 13.7 Å². The lowest BCUT2D eigenvalue weighted by atomic mass is 10.1. The van der Waals surface area contributed by atoms with Gasteiger partial charge < -0.3 is 14.7 Å². The van der Waals surface area contributed by atoms with Gasteiger partial charge in [-0.3, -0.25) is 4.68 Å². The molecule has 0 unspecified atom stereocenters. The highest BCUT2D eigenvalue weighted by Gasteiger charge is 2.11. The maximum absolute atomic E-state index is 8.91.